The van der Waals surface area contributed by atoms with Crippen LogP contribution in [0.5, 0.6) is 0 Å². The number of benzene rings is 6. The topological polar surface area (TPSA) is 37.1 Å². The van der Waals surface area contributed by atoms with E-state index in [0.29, 0.717) is 0 Å². The fourth-order valence-corrected chi connectivity index (χ4v) is 10.1. The summed E-state index contributed by atoms with van der Waals surface area (Å²) in [7, 11) is 8.27. The molecular weight excluding hydrogens is 735 g/mol. The van der Waals surface area contributed by atoms with E-state index in [-0.39, 0.29) is 13.1 Å². The van der Waals surface area contributed by atoms with E-state index in [0.717, 1.165) is 29.2 Å². The van der Waals surface area contributed by atoms with E-state index in [2.05, 4.69) is 176 Å². The van der Waals surface area contributed by atoms with Crippen molar-refractivity contribution in [2.45, 2.75) is 6.42 Å². The van der Waals surface area contributed by atoms with Crippen LogP contribution in [0.25, 0.3) is 0 Å². The number of rotatable bonds is 10. The number of aliphatic imine (C=N–C) groups is 3. The maximum atomic E-state index is 4.76. The first-order chi connectivity index (χ1) is 24.7. The molecule has 6 aromatic rings. The molecule has 0 bridgehead atoms. The zero-order valence-electron chi connectivity index (χ0n) is 27.0. The van der Waals surface area contributed by atoms with E-state index >= 15 is 0 Å². The molecule has 0 atom stereocenters. The van der Waals surface area contributed by atoms with E-state index in [4.69, 9.17) is 35.2 Å². The Morgan fingerprint density at radius 2 is 0.780 bits per heavy atom. The molecule has 1 aliphatic rings. The van der Waals surface area contributed by atoms with E-state index in [1.807, 2.05) is 12.4 Å². The molecule has 0 radical (unpaired) electrons. The molecule has 0 fully saturated rings. The number of halogens is 2. The summed E-state index contributed by atoms with van der Waals surface area (Å²) in [5, 5.41) is 7.96. The molecule has 0 aromatic heterocycles. The first-order valence-corrected chi connectivity index (χ1v) is 21.7. The summed E-state index contributed by atoms with van der Waals surface area (Å²) < 4.78 is 0. The summed E-state index contributed by atoms with van der Waals surface area (Å²) in [6, 6.07) is 60.2. The van der Waals surface area contributed by atoms with E-state index in [1.54, 1.807) is 0 Å². The molecule has 3 nitrogen and oxygen atoms in total. The second-order valence-electron chi connectivity index (χ2n) is 11.0. The molecule has 248 valence electrons. The Morgan fingerprint density at radius 1 is 0.460 bits per heavy atom. The molecule has 0 N–H and O–H groups in total. The van der Waals surface area contributed by atoms with Crippen molar-refractivity contribution in [3.63, 3.8) is 0 Å². The Bertz CT molecular complexity index is 1980. The van der Waals surface area contributed by atoms with Crippen molar-refractivity contribution in [1.82, 2.24) is 0 Å². The average Bonchev–Trinajstić information content (AvgIpc) is 3.64. The van der Waals surface area contributed by atoms with Crippen LogP contribution in [0.2, 0.25) is 0 Å². The molecule has 0 amide bonds. The molecular formula is C42H33Cl2FeN3P2. The van der Waals surface area contributed by atoms with Gasteiger partial charge in [-0.1, -0.05) is 152 Å². The van der Waals surface area contributed by atoms with Crippen LogP contribution in [0.4, 0.5) is 11.4 Å². The molecule has 1 heterocycles. The van der Waals surface area contributed by atoms with Gasteiger partial charge in [-0.15, -0.1) is 0 Å². The van der Waals surface area contributed by atoms with E-state index in [9.17, 15) is 0 Å². The van der Waals surface area contributed by atoms with Gasteiger partial charge in [-0.25, -0.2) is 0 Å². The molecule has 0 spiro atoms. The van der Waals surface area contributed by atoms with E-state index in [1.165, 1.54) is 31.8 Å². The molecule has 7 rings (SSSR count). The van der Waals surface area contributed by atoms with Crippen LogP contribution in [0, 0.1) is 0 Å². The van der Waals surface area contributed by atoms with Gasteiger partial charge in [0.25, 0.3) is 0 Å². The number of allylic oxidation sites excluding steroid dienone is 2. The Balaban J connectivity index is 0.00000139. The van der Waals surface area contributed by atoms with Gasteiger partial charge in [0, 0.05) is 12.6 Å². The third kappa shape index (κ3) is 9.84. The molecule has 0 saturated heterocycles. The van der Waals surface area contributed by atoms with Gasteiger partial charge in [-0.3, -0.25) is 15.0 Å². The summed E-state index contributed by atoms with van der Waals surface area (Å²) >= 11 is 0.194. The van der Waals surface area contributed by atoms with E-state index < -0.39 is 15.8 Å². The van der Waals surface area contributed by atoms with Gasteiger partial charge in [0.2, 0.25) is 0 Å². The summed E-state index contributed by atoms with van der Waals surface area (Å²) in [5.41, 5.74) is 3.62. The van der Waals surface area contributed by atoms with Gasteiger partial charge in [-0.05, 0) is 71.9 Å². The van der Waals surface area contributed by atoms with Crippen molar-refractivity contribution in [3.8, 4) is 0 Å². The second-order valence-corrected chi connectivity index (χ2v) is 17.3. The summed E-state index contributed by atoms with van der Waals surface area (Å²) in [6.45, 7) is 0. The maximum absolute atomic E-state index is 4.76. The van der Waals surface area contributed by atoms with Crippen LogP contribution >= 0.6 is 36.0 Å². The Morgan fingerprint density at radius 3 is 1.14 bits per heavy atom. The van der Waals surface area contributed by atoms with Gasteiger partial charge in [0.05, 0.1) is 29.0 Å². The molecule has 0 aliphatic carbocycles. The third-order valence-corrected chi connectivity index (χ3v) is 12.7. The van der Waals surface area contributed by atoms with Crippen LogP contribution in [0.15, 0.2) is 197 Å². The van der Waals surface area contributed by atoms with Crippen molar-refractivity contribution < 1.29 is 13.1 Å². The fourth-order valence-electron chi connectivity index (χ4n) is 5.50. The first kappa shape index (κ1) is 35.8. The van der Waals surface area contributed by atoms with Gasteiger partial charge in [0.15, 0.2) is 0 Å². The predicted molar refractivity (Wildman–Crippen MR) is 218 cm³/mol. The zero-order valence-corrected chi connectivity index (χ0v) is 31.4. The quantitative estimate of drug-likeness (QED) is 0.0758. The third-order valence-electron chi connectivity index (χ3n) is 7.77. The minimum atomic E-state index is -0.632. The van der Waals surface area contributed by atoms with Gasteiger partial charge in [-0.2, -0.15) is 0 Å². The molecule has 8 heteroatoms. The van der Waals surface area contributed by atoms with Gasteiger partial charge >= 0.3 is 33.3 Å². The SMILES string of the molecule is C(=Nc1ccc(P(c2ccccc2)c2ccccc2)cc1)C1=CCC(C=Nc2ccc(P(c3ccccc3)c3ccccc3)cc2)=N1.[Cl][Fe][Cl]. The summed E-state index contributed by atoms with van der Waals surface area (Å²) in [4.78, 5) is 14.2. The second kappa shape index (κ2) is 18.9. The minimum absolute atomic E-state index is 0.194. The Kier molecular flexibility index (Phi) is 13.5. The average molecular weight is 768 g/mol. The number of nitrogens with zero attached hydrogens (tertiary/aromatic N) is 3. The number of hydrogen-bond donors (Lipinski definition) is 0. The van der Waals surface area contributed by atoms with Gasteiger partial charge < -0.3 is 0 Å². The van der Waals surface area contributed by atoms with Crippen molar-refractivity contribution in [2.75, 3.05) is 0 Å². The van der Waals surface area contributed by atoms with Crippen molar-refractivity contribution in [2.24, 2.45) is 15.0 Å². The van der Waals surface area contributed by atoms with Gasteiger partial charge in [0.1, 0.15) is 0 Å². The molecule has 6 aromatic carbocycles. The Labute approximate surface area is 311 Å². The van der Waals surface area contributed by atoms with Crippen LogP contribution < -0.4 is 31.8 Å². The van der Waals surface area contributed by atoms with Crippen LogP contribution in [0.1, 0.15) is 6.42 Å². The zero-order chi connectivity index (χ0) is 34.4. The van der Waals surface area contributed by atoms with Crippen molar-refractivity contribution in [3.05, 3.63) is 182 Å². The molecule has 0 unspecified atom stereocenters. The first-order valence-electron chi connectivity index (χ1n) is 15.9. The van der Waals surface area contributed by atoms with Crippen LogP contribution in [-0.2, 0) is 13.1 Å². The molecule has 50 heavy (non-hydrogen) atoms. The predicted octanol–water partition coefficient (Wildman–Crippen LogP) is 9.41. The molecule has 0 saturated carbocycles. The standard InChI is InChI=1S/C42H33N3P2.2ClH.Fe/c1-5-13-37(14-6-1)46(38-15-7-2-8-16-38)41-27-23-33(24-28-41)43-31-35-21-22-36(45-35)32-44-34-25-29-42(30-26-34)47(39-17-9-3-10-18-39)40-19-11-4-12-20-40;;;/h1-21,23-32H,22H2;2*1H;/q;;;+2/p-2. The van der Waals surface area contributed by atoms with Crippen molar-refractivity contribution in [1.29, 1.82) is 0 Å². The van der Waals surface area contributed by atoms with Crippen molar-refractivity contribution >= 4 is 97.4 Å². The Hall–Kier alpha value is -3.97. The summed E-state index contributed by atoms with van der Waals surface area (Å²) in [5.74, 6) is 0. The normalized spacial score (nSPS) is 12.7. The number of hydrogen-bond acceptors (Lipinski definition) is 3. The molecule has 1 aliphatic heterocycles. The monoisotopic (exact) mass is 767 g/mol. The van der Waals surface area contributed by atoms with Crippen LogP contribution in [0.3, 0.4) is 0 Å². The van der Waals surface area contributed by atoms with Crippen LogP contribution in [-0.4, -0.2) is 18.1 Å². The summed E-state index contributed by atoms with van der Waals surface area (Å²) in [6.07, 6.45) is 6.55. The fraction of sp³-hybridized carbons (Fsp3) is 0.0238.